The maximum atomic E-state index is 13.0. The number of benzene rings is 2. The van der Waals surface area contributed by atoms with E-state index in [4.69, 9.17) is 4.74 Å². The molecule has 0 aliphatic rings. The predicted octanol–water partition coefficient (Wildman–Crippen LogP) is 4.69. The van der Waals surface area contributed by atoms with Crippen molar-refractivity contribution >= 4 is 38.6 Å². The molecule has 0 saturated heterocycles. The van der Waals surface area contributed by atoms with E-state index >= 15 is 0 Å². The second-order valence-corrected chi connectivity index (χ2v) is 8.40. The van der Waals surface area contributed by atoms with Crippen LogP contribution in [0, 0.1) is 10.1 Å². The molecular formula is C19H19F3N4O6S. The zero-order valence-electron chi connectivity index (χ0n) is 17.4. The van der Waals surface area contributed by atoms with Gasteiger partial charge in [-0.3, -0.25) is 14.9 Å². The van der Waals surface area contributed by atoms with Gasteiger partial charge < -0.3 is 9.64 Å². The Labute approximate surface area is 186 Å². The van der Waals surface area contributed by atoms with Crippen LogP contribution in [0.4, 0.5) is 35.9 Å². The lowest BCUT2D eigenvalue weighted by atomic mass is 10.2. The second-order valence-electron chi connectivity index (χ2n) is 6.49. The third-order valence-electron chi connectivity index (χ3n) is 4.28. The van der Waals surface area contributed by atoms with Crippen LogP contribution < -0.4 is 4.90 Å². The number of hydrogen-bond donors (Lipinski definition) is 0. The third kappa shape index (κ3) is 6.47. The molecule has 33 heavy (non-hydrogen) atoms. The second kappa shape index (κ2) is 10.4. The standard InChI is InChI=1S/C19H19F3N4O6S/c1-3-25(10-11-32-13(2)27)15-6-4-14(5-7-15)23-24-17-9-8-16(26(28)29)12-18(17)33(30,31)19(20,21)22/h4-9,12H,3,10-11H2,1-2H3. The molecule has 2 rings (SSSR count). The zero-order valence-corrected chi connectivity index (χ0v) is 18.3. The van der Waals surface area contributed by atoms with Crippen molar-refractivity contribution in [3.63, 3.8) is 0 Å². The molecular weight excluding hydrogens is 469 g/mol. The number of nitro groups is 1. The van der Waals surface area contributed by atoms with Crippen LogP contribution in [0.2, 0.25) is 0 Å². The topological polar surface area (TPSA) is 132 Å². The maximum Gasteiger partial charge on any atom is 0.501 e. The van der Waals surface area contributed by atoms with E-state index in [9.17, 15) is 36.5 Å². The Hall–Kier alpha value is -3.55. The van der Waals surface area contributed by atoms with E-state index < -0.39 is 42.5 Å². The number of nitro benzene ring substituents is 1. The highest BCUT2D eigenvalue weighted by molar-refractivity contribution is 7.92. The number of likely N-dealkylation sites (N-methyl/N-ethyl adjacent to an activating group) is 1. The molecule has 0 aliphatic carbocycles. The fourth-order valence-electron chi connectivity index (χ4n) is 2.65. The molecule has 0 saturated carbocycles. The van der Waals surface area contributed by atoms with Crippen LogP contribution in [0.1, 0.15) is 13.8 Å². The SMILES string of the molecule is CCN(CCOC(C)=O)c1ccc(N=Nc2ccc([N+](=O)[O-])cc2S(=O)(=O)C(F)(F)F)cc1. The van der Waals surface area contributed by atoms with Crippen molar-refractivity contribution in [2.75, 3.05) is 24.6 Å². The van der Waals surface area contributed by atoms with E-state index in [2.05, 4.69) is 10.2 Å². The Kier molecular flexibility index (Phi) is 8.08. The van der Waals surface area contributed by atoms with Gasteiger partial charge in [-0.05, 0) is 37.3 Å². The van der Waals surface area contributed by atoms with Gasteiger partial charge in [0.1, 0.15) is 17.2 Å². The van der Waals surface area contributed by atoms with Gasteiger partial charge in [-0.15, -0.1) is 5.11 Å². The first-order chi connectivity index (χ1) is 15.4. The van der Waals surface area contributed by atoms with Crippen LogP contribution >= 0.6 is 0 Å². The molecule has 0 unspecified atom stereocenters. The number of halogens is 3. The molecule has 0 aliphatic heterocycles. The number of carbonyl (C=O) groups excluding carboxylic acids is 1. The Morgan fingerprint density at radius 3 is 2.30 bits per heavy atom. The molecule has 10 nitrogen and oxygen atoms in total. The summed E-state index contributed by atoms with van der Waals surface area (Å²) in [6.45, 7) is 4.40. The Bertz CT molecular complexity index is 1150. The highest BCUT2D eigenvalue weighted by Gasteiger charge is 2.48. The number of ether oxygens (including phenoxy) is 1. The molecule has 2 aromatic carbocycles. The van der Waals surface area contributed by atoms with Crippen molar-refractivity contribution in [2.45, 2.75) is 24.3 Å². The molecule has 0 fully saturated rings. The Balaban J connectivity index is 2.32. The quantitative estimate of drug-likeness (QED) is 0.216. The van der Waals surface area contributed by atoms with Crippen LogP contribution in [-0.2, 0) is 19.4 Å². The summed E-state index contributed by atoms with van der Waals surface area (Å²) < 4.78 is 67.7. The van der Waals surface area contributed by atoms with Crippen LogP contribution in [0.5, 0.6) is 0 Å². The van der Waals surface area contributed by atoms with E-state index in [0.29, 0.717) is 19.2 Å². The minimum Gasteiger partial charge on any atom is -0.464 e. The predicted molar refractivity (Wildman–Crippen MR) is 111 cm³/mol. The van der Waals surface area contributed by atoms with Gasteiger partial charge in [0.2, 0.25) is 0 Å². The smallest absolute Gasteiger partial charge is 0.464 e. The summed E-state index contributed by atoms with van der Waals surface area (Å²) >= 11 is 0. The number of nitrogens with zero attached hydrogens (tertiary/aromatic N) is 4. The summed E-state index contributed by atoms with van der Waals surface area (Å²) in [6.07, 6.45) is 0. The summed E-state index contributed by atoms with van der Waals surface area (Å²) in [6, 6.07) is 8.19. The van der Waals surface area contributed by atoms with Gasteiger partial charge in [0.15, 0.2) is 0 Å². The summed E-state index contributed by atoms with van der Waals surface area (Å²) in [5.74, 6) is -0.403. The average Bonchev–Trinajstić information content (AvgIpc) is 2.74. The highest BCUT2D eigenvalue weighted by atomic mass is 32.2. The number of alkyl halides is 3. The van der Waals surface area contributed by atoms with Crippen LogP contribution in [-0.4, -0.2) is 44.5 Å². The first-order valence-corrected chi connectivity index (χ1v) is 10.8. The summed E-state index contributed by atoms with van der Waals surface area (Å²) in [5, 5.41) is 18.2. The third-order valence-corrected chi connectivity index (χ3v) is 5.80. The first-order valence-electron chi connectivity index (χ1n) is 9.36. The van der Waals surface area contributed by atoms with Gasteiger partial charge in [0.05, 0.1) is 17.2 Å². The van der Waals surface area contributed by atoms with Gasteiger partial charge in [-0.2, -0.15) is 18.3 Å². The lowest BCUT2D eigenvalue weighted by Crippen LogP contribution is -2.27. The molecule has 0 aromatic heterocycles. The number of rotatable bonds is 9. The number of hydrogen-bond acceptors (Lipinski definition) is 9. The van der Waals surface area contributed by atoms with E-state index in [1.165, 1.54) is 19.1 Å². The van der Waals surface area contributed by atoms with Gasteiger partial charge in [-0.1, -0.05) is 0 Å². The van der Waals surface area contributed by atoms with Gasteiger partial charge >= 0.3 is 11.5 Å². The molecule has 0 heterocycles. The van der Waals surface area contributed by atoms with Gasteiger partial charge in [0, 0.05) is 31.3 Å². The molecule has 0 radical (unpaired) electrons. The molecule has 2 aromatic rings. The minimum absolute atomic E-state index is 0.182. The van der Waals surface area contributed by atoms with Crippen molar-refractivity contribution in [2.24, 2.45) is 10.2 Å². The molecule has 0 bridgehead atoms. The molecule has 0 N–H and O–H groups in total. The van der Waals surface area contributed by atoms with Crippen LogP contribution in [0.3, 0.4) is 0 Å². The number of sulfone groups is 1. The van der Waals surface area contributed by atoms with Crippen LogP contribution in [0.25, 0.3) is 0 Å². The lowest BCUT2D eigenvalue weighted by molar-refractivity contribution is -0.385. The first kappa shape index (κ1) is 25.7. The molecule has 0 amide bonds. The van der Waals surface area contributed by atoms with Crippen molar-refractivity contribution < 1.29 is 36.0 Å². The number of carbonyl (C=O) groups is 1. The lowest BCUT2D eigenvalue weighted by Gasteiger charge is -2.22. The summed E-state index contributed by atoms with van der Waals surface area (Å²) in [4.78, 5) is 21.3. The summed E-state index contributed by atoms with van der Waals surface area (Å²) in [5.41, 5.74) is -6.26. The molecule has 0 spiro atoms. The van der Waals surface area contributed by atoms with E-state index in [1.54, 1.807) is 12.1 Å². The maximum absolute atomic E-state index is 13.0. The Morgan fingerprint density at radius 2 is 1.79 bits per heavy atom. The van der Waals surface area contributed by atoms with E-state index in [0.717, 1.165) is 17.8 Å². The fraction of sp³-hybridized carbons (Fsp3) is 0.316. The van der Waals surface area contributed by atoms with E-state index in [1.807, 2.05) is 11.8 Å². The van der Waals surface area contributed by atoms with Crippen molar-refractivity contribution in [1.82, 2.24) is 0 Å². The van der Waals surface area contributed by atoms with Crippen molar-refractivity contribution in [3.8, 4) is 0 Å². The number of non-ortho nitro benzene ring substituents is 1. The van der Waals surface area contributed by atoms with Crippen LogP contribution in [0.15, 0.2) is 57.6 Å². The normalized spacial score (nSPS) is 12.0. The van der Waals surface area contributed by atoms with Crippen molar-refractivity contribution in [3.05, 3.63) is 52.6 Å². The van der Waals surface area contributed by atoms with Crippen molar-refractivity contribution in [1.29, 1.82) is 0 Å². The highest BCUT2D eigenvalue weighted by Crippen LogP contribution is 2.38. The number of anilines is 1. The summed E-state index contributed by atoms with van der Waals surface area (Å²) in [7, 11) is -5.90. The Morgan fingerprint density at radius 1 is 1.15 bits per heavy atom. The van der Waals surface area contributed by atoms with Gasteiger partial charge in [0.25, 0.3) is 15.5 Å². The zero-order chi connectivity index (χ0) is 24.8. The van der Waals surface area contributed by atoms with Gasteiger partial charge in [-0.25, -0.2) is 8.42 Å². The monoisotopic (exact) mass is 488 g/mol. The fourth-order valence-corrected chi connectivity index (χ4v) is 3.56. The van der Waals surface area contributed by atoms with E-state index in [-0.39, 0.29) is 12.3 Å². The largest absolute Gasteiger partial charge is 0.501 e. The molecule has 14 heteroatoms. The number of azo groups is 1. The molecule has 178 valence electrons. The number of esters is 1. The minimum atomic E-state index is -5.90. The molecule has 0 atom stereocenters. The average molecular weight is 488 g/mol.